The average Bonchev–Trinajstić information content (AvgIpc) is 2.42. The van der Waals surface area contributed by atoms with Gasteiger partial charge in [-0.2, -0.15) is 0 Å². The molecule has 0 atom stereocenters. The minimum Gasteiger partial charge on any atom is -0.264 e. The first-order chi connectivity index (χ1) is 9.48. The fourth-order valence-corrected chi connectivity index (χ4v) is 3.72. The predicted octanol–water partition coefficient (Wildman–Crippen LogP) is 3.09. The normalized spacial score (nSPS) is 11.3. The molecule has 1 aromatic heterocycles. The molecule has 0 amide bonds. The van der Waals surface area contributed by atoms with Gasteiger partial charge in [-0.1, -0.05) is 23.7 Å². The van der Waals surface area contributed by atoms with E-state index >= 15 is 0 Å². The van der Waals surface area contributed by atoms with Gasteiger partial charge in [0.05, 0.1) is 5.69 Å². The van der Waals surface area contributed by atoms with Crippen LogP contribution < -0.4 is 4.31 Å². The average molecular weight is 315 g/mol. The topological polar surface area (TPSA) is 50.3 Å². The summed E-state index contributed by atoms with van der Waals surface area (Å²) in [4.78, 5) is 3.60. The Kier molecular flexibility index (Phi) is 4.25. The predicted molar refractivity (Wildman–Crippen MR) is 75.9 cm³/mol. The van der Waals surface area contributed by atoms with Crippen molar-refractivity contribution >= 4 is 27.3 Å². The number of hydrogen-bond donors (Lipinski definition) is 0. The number of aromatic nitrogens is 1. The molecule has 0 saturated carbocycles. The van der Waals surface area contributed by atoms with Gasteiger partial charge >= 0.3 is 0 Å². The Morgan fingerprint density at radius 3 is 2.55 bits per heavy atom. The Labute approximate surface area is 121 Å². The number of nitrogens with zero attached hydrogens (tertiary/aromatic N) is 2. The summed E-state index contributed by atoms with van der Waals surface area (Å²) in [6, 6.07) is 8.49. The molecule has 2 aromatic rings. The minimum absolute atomic E-state index is 0.0186. The van der Waals surface area contributed by atoms with Gasteiger partial charge in [0.15, 0.2) is 0 Å². The van der Waals surface area contributed by atoms with Crippen molar-refractivity contribution in [3.05, 3.63) is 53.6 Å². The first-order valence-corrected chi connectivity index (χ1v) is 7.68. The van der Waals surface area contributed by atoms with Crippen LogP contribution >= 0.6 is 11.6 Å². The lowest BCUT2D eigenvalue weighted by Gasteiger charge is -2.23. The van der Waals surface area contributed by atoms with E-state index in [4.69, 9.17) is 11.6 Å². The summed E-state index contributed by atoms with van der Waals surface area (Å²) in [5.41, 5.74) is -0.0186. The molecular formula is C13H12ClFN2O2S. The van der Waals surface area contributed by atoms with Crippen LogP contribution in [0.3, 0.4) is 0 Å². The molecule has 0 aliphatic heterocycles. The summed E-state index contributed by atoms with van der Waals surface area (Å²) in [6.45, 7) is 1.70. The number of benzene rings is 1. The molecule has 0 fully saturated rings. The van der Waals surface area contributed by atoms with E-state index in [1.54, 1.807) is 13.0 Å². The van der Waals surface area contributed by atoms with E-state index in [0.29, 0.717) is 0 Å². The standard InChI is InChI=1S/C13H12ClFN2O2S/c1-2-17(11-7-4-3-6-10(11)15)20(18,19)12-8-5-9-16-13(12)14/h3-9H,2H2,1H3. The van der Waals surface area contributed by atoms with Crippen LogP contribution in [-0.4, -0.2) is 19.9 Å². The lowest BCUT2D eigenvalue weighted by atomic mass is 10.3. The van der Waals surface area contributed by atoms with E-state index in [-0.39, 0.29) is 22.3 Å². The maximum absolute atomic E-state index is 13.8. The van der Waals surface area contributed by atoms with Gasteiger partial charge in [-0.3, -0.25) is 4.31 Å². The molecule has 7 heteroatoms. The van der Waals surface area contributed by atoms with Gasteiger partial charge in [0.1, 0.15) is 15.9 Å². The quantitative estimate of drug-likeness (QED) is 0.815. The summed E-state index contributed by atoms with van der Waals surface area (Å²) < 4.78 is 39.9. The zero-order valence-corrected chi connectivity index (χ0v) is 12.2. The fraction of sp³-hybridized carbons (Fsp3) is 0.154. The van der Waals surface area contributed by atoms with Gasteiger partial charge in [-0.15, -0.1) is 0 Å². The molecule has 0 unspecified atom stereocenters. The second-order valence-electron chi connectivity index (χ2n) is 3.91. The highest BCUT2D eigenvalue weighted by atomic mass is 35.5. The zero-order chi connectivity index (χ0) is 14.8. The minimum atomic E-state index is -3.96. The van der Waals surface area contributed by atoms with Crippen molar-refractivity contribution in [1.82, 2.24) is 4.98 Å². The molecule has 106 valence electrons. The van der Waals surface area contributed by atoms with Gasteiger partial charge in [0, 0.05) is 12.7 Å². The number of hydrogen-bond acceptors (Lipinski definition) is 3. The molecule has 0 N–H and O–H groups in total. The Bertz CT molecular complexity index is 722. The Hall–Kier alpha value is -1.66. The van der Waals surface area contributed by atoms with E-state index in [9.17, 15) is 12.8 Å². The highest BCUT2D eigenvalue weighted by Gasteiger charge is 2.27. The van der Waals surface area contributed by atoms with Gasteiger partial charge in [0.2, 0.25) is 0 Å². The van der Waals surface area contributed by atoms with Crippen LogP contribution in [0.1, 0.15) is 6.92 Å². The van der Waals surface area contributed by atoms with Crippen molar-refractivity contribution in [2.75, 3.05) is 10.8 Å². The number of anilines is 1. The van der Waals surface area contributed by atoms with E-state index < -0.39 is 15.8 Å². The summed E-state index contributed by atoms with van der Waals surface area (Å²) in [6.07, 6.45) is 1.39. The second kappa shape index (κ2) is 5.76. The Balaban J connectivity index is 2.58. The maximum Gasteiger partial charge on any atom is 0.267 e. The van der Waals surface area contributed by atoms with Gasteiger partial charge in [-0.05, 0) is 31.2 Å². The third-order valence-electron chi connectivity index (χ3n) is 2.70. The van der Waals surface area contributed by atoms with Crippen molar-refractivity contribution in [2.45, 2.75) is 11.8 Å². The molecule has 2 rings (SSSR count). The summed E-state index contributed by atoms with van der Waals surface area (Å²) in [7, 11) is -3.96. The third-order valence-corrected chi connectivity index (χ3v) is 5.03. The van der Waals surface area contributed by atoms with Gasteiger partial charge < -0.3 is 0 Å². The Morgan fingerprint density at radius 2 is 1.95 bits per heavy atom. The van der Waals surface area contributed by atoms with Crippen LogP contribution in [0.25, 0.3) is 0 Å². The van der Waals surface area contributed by atoms with Crippen LogP contribution in [0.2, 0.25) is 5.15 Å². The second-order valence-corrected chi connectivity index (χ2v) is 6.10. The molecule has 20 heavy (non-hydrogen) atoms. The van der Waals surface area contributed by atoms with Gasteiger partial charge in [0.25, 0.3) is 10.0 Å². The molecule has 0 aliphatic carbocycles. The number of rotatable bonds is 4. The monoisotopic (exact) mass is 314 g/mol. The first kappa shape index (κ1) is 14.7. The Morgan fingerprint density at radius 1 is 1.25 bits per heavy atom. The summed E-state index contributed by atoms with van der Waals surface area (Å²) in [5, 5.41) is -0.137. The molecule has 1 aromatic carbocycles. The summed E-state index contributed by atoms with van der Waals surface area (Å²) >= 11 is 5.83. The highest BCUT2D eigenvalue weighted by molar-refractivity contribution is 7.93. The molecule has 0 bridgehead atoms. The lowest BCUT2D eigenvalue weighted by Crippen LogP contribution is -2.31. The number of pyridine rings is 1. The first-order valence-electron chi connectivity index (χ1n) is 5.86. The molecule has 0 saturated heterocycles. The number of sulfonamides is 1. The van der Waals surface area contributed by atoms with Crippen molar-refractivity contribution in [2.24, 2.45) is 0 Å². The summed E-state index contributed by atoms with van der Waals surface area (Å²) in [5.74, 6) is -0.613. The van der Waals surface area contributed by atoms with Crippen LogP contribution in [-0.2, 0) is 10.0 Å². The fourth-order valence-electron chi connectivity index (χ4n) is 1.81. The lowest BCUT2D eigenvalue weighted by molar-refractivity contribution is 0.586. The van der Waals surface area contributed by atoms with Crippen LogP contribution in [0.5, 0.6) is 0 Å². The van der Waals surface area contributed by atoms with Crippen LogP contribution in [0.15, 0.2) is 47.5 Å². The number of halogens is 2. The molecule has 0 spiro atoms. The number of para-hydroxylation sites is 1. The largest absolute Gasteiger partial charge is 0.267 e. The van der Waals surface area contributed by atoms with Crippen LogP contribution in [0, 0.1) is 5.82 Å². The molecule has 0 aliphatic rings. The molecular weight excluding hydrogens is 303 g/mol. The molecule has 4 nitrogen and oxygen atoms in total. The van der Waals surface area contributed by atoms with Crippen molar-refractivity contribution in [3.8, 4) is 0 Å². The molecule has 1 heterocycles. The maximum atomic E-state index is 13.8. The van der Waals surface area contributed by atoms with E-state index in [2.05, 4.69) is 4.98 Å². The van der Waals surface area contributed by atoms with E-state index in [1.165, 1.54) is 36.5 Å². The molecule has 0 radical (unpaired) electrons. The SMILES string of the molecule is CCN(c1ccccc1F)S(=O)(=O)c1cccnc1Cl. The smallest absolute Gasteiger partial charge is 0.264 e. The van der Waals surface area contributed by atoms with Crippen molar-refractivity contribution < 1.29 is 12.8 Å². The van der Waals surface area contributed by atoms with E-state index in [0.717, 1.165) is 4.31 Å². The van der Waals surface area contributed by atoms with E-state index in [1.807, 2.05) is 0 Å². The zero-order valence-electron chi connectivity index (χ0n) is 10.6. The van der Waals surface area contributed by atoms with Gasteiger partial charge in [-0.25, -0.2) is 17.8 Å². The highest BCUT2D eigenvalue weighted by Crippen LogP contribution is 2.28. The third kappa shape index (κ3) is 2.62. The van der Waals surface area contributed by atoms with Crippen molar-refractivity contribution in [3.63, 3.8) is 0 Å². The van der Waals surface area contributed by atoms with Crippen LogP contribution in [0.4, 0.5) is 10.1 Å². The van der Waals surface area contributed by atoms with Crippen molar-refractivity contribution in [1.29, 1.82) is 0 Å².